The second-order valence-electron chi connectivity index (χ2n) is 7.55. The van der Waals surface area contributed by atoms with Gasteiger partial charge < -0.3 is 14.5 Å². The minimum Gasteiger partial charge on any atom is -0.494 e. The summed E-state index contributed by atoms with van der Waals surface area (Å²) in [7, 11) is -0.105. The Morgan fingerprint density at radius 2 is 1.74 bits per heavy atom. The van der Waals surface area contributed by atoms with E-state index in [0.29, 0.717) is 45.0 Å². The van der Waals surface area contributed by atoms with Gasteiger partial charge >= 0.3 is 0 Å². The third kappa shape index (κ3) is 5.33. The van der Waals surface area contributed by atoms with Gasteiger partial charge in [-0.2, -0.15) is 4.31 Å². The van der Waals surface area contributed by atoms with Crippen molar-refractivity contribution in [1.29, 1.82) is 0 Å². The van der Waals surface area contributed by atoms with Gasteiger partial charge in [0.2, 0.25) is 10.0 Å². The number of nitrogens with zero attached hydrogens (tertiary/aromatic N) is 4. The molecule has 1 fully saturated rings. The second-order valence-corrected chi connectivity index (χ2v) is 9.49. The second kappa shape index (κ2) is 9.63. The zero-order valence-corrected chi connectivity index (χ0v) is 18.8. The first-order valence-electron chi connectivity index (χ1n) is 10.1. The summed E-state index contributed by atoms with van der Waals surface area (Å²) in [5.41, 5.74) is 1.08. The maximum absolute atomic E-state index is 13.0. The number of rotatable bonds is 8. The van der Waals surface area contributed by atoms with Crippen LogP contribution < -0.4 is 9.64 Å². The molecule has 168 valence electrons. The van der Waals surface area contributed by atoms with Gasteiger partial charge in [0.1, 0.15) is 11.4 Å². The summed E-state index contributed by atoms with van der Waals surface area (Å²) >= 11 is 0. The molecule has 1 aliphatic heterocycles. The maximum atomic E-state index is 13.0. The number of piperazine rings is 1. The van der Waals surface area contributed by atoms with Crippen LogP contribution in [-0.4, -0.2) is 69.4 Å². The molecule has 10 heteroatoms. The molecule has 0 unspecified atom stereocenters. The molecule has 0 radical (unpaired) electrons. The number of anilines is 1. The summed E-state index contributed by atoms with van der Waals surface area (Å²) in [5, 5.41) is 11.7. The molecule has 2 aromatic carbocycles. The zero-order chi connectivity index (χ0) is 22.6. The van der Waals surface area contributed by atoms with E-state index in [-0.39, 0.29) is 10.6 Å². The minimum absolute atomic E-state index is 0.0537. The van der Waals surface area contributed by atoms with Gasteiger partial charge in [0.25, 0.3) is 5.69 Å². The fraction of sp³-hybridized carbons (Fsp3) is 0.429. The topological polar surface area (TPSA) is 96.2 Å². The molecule has 31 heavy (non-hydrogen) atoms. The molecule has 0 atom stereocenters. The number of hydrogen-bond acceptors (Lipinski definition) is 7. The number of hydrogen-bond donors (Lipinski definition) is 0. The van der Waals surface area contributed by atoms with Gasteiger partial charge in [-0.25, -0.2) is 8.42 Å². The number of sulfonamides is 1. The molecular weight excluding hydrogens is 420 g/mol. The van der Waals surface area contributed by atoms with Crippen LogP contribution in [0.2, 0.25) is 0 Å². The Kier molecular flexibility index (Phi) is 7.14. The molecule has 9 nitrogen and oxygen atoms in total. The summed E-state index contributed by atoms with van der Waals surface area (Å²) < 4.78 is 32.8. The number of nitro benzene ring substituents is 1. The lowest BCUT2D eigenvalue weighted by molar-refractivity contribution is -0.384. The van der Waals surface area contributed by atoms with Crippen molar-refractivity contribution in [3.8, 4) is 5.75 Å². The molecule has 1 aliphatic rings. The van der Waals surface area contributed by atoms with Crippen LogP contribution in [0.15, 0.2) is 47.4 Å². The first-order chi connectivity index (χ1) is 14.7. The largest absolute Gasteiger partial charge is 0.494 e. The van der Waals surface area contributed by atoms with Gasteiger partial charge in [0.05, 0.1) is 16.4 Å². The van der Waals surface area contributed by atoms with Crippen molar-refractivity contribution in [1.82, 2.24) is 9.21 Å². The molecule has 0 amide bonds. The molecule has 0 N–H and O–H groups in total. The van der Waals surface area contributed by atoms with E-state index in [4.69, 9.17) is 4.74 Å². The summed E-state index contributed by atoms with van der Waals surface area (Å²) in [6, 6.07) is 11.6. The highest BCUT2D eigenvalue weighted by atomic mass is 32.2. The molecule has 0 bridgehead atoms. The van der Waals surface area contributed by atoms with Crippen molar-refractivity contribution in [2.75, 3.05) is 51.8 Å². The number of benzene rings is 2. The quantitative estimate of drug-likeness (QED) is 0.452. The molecule has 3 rings (SSSR count). The Labute approximate surface area is 183 Å². The molecule has 0 aromatic heterocycles. The van der Waals surface area contributed by atoms with E-state index in [1.165, 1.54) is 16.4 Å². The predicted octanol–water partition coefficient (Wildman–Crippen LogP) is 2.57. The van der Waals surface area contributed by atoms with Crippen molar-refractivity contribution in [3.63, 3.8) is 0 Å². The fourth-order valence-electron chi connectivity index (χ4n) is 3.53. The van der Waals surface area contributed by atoms with Crippen LogP contribution in [0.5, 0.6) is 5.75 Å². The standard InChI is InChI=1S/C21H28N4O5S/c1-4-30-18-7-5-17(6-8-18)16-23(3)20-10-9-19(15-21(20)25(26)27)31(28,29)24-13-11-22(2)12-14-24/h5-10,15H,4,11-14,16H2,1-3H3. The van der Waals surface area contributed by atoms with E-state index in [0.717, 1.165) is 17.4 Å². The Hall–Kier alpha value is -2.69. The maximum Gasteiger partial charge on any atom is 0.293 e. The van der Waals surface area contributed by atoms with Crippen molar-refractivity contribution < 1.29 is 18.1 Å². The Morgan fingerprint density at radius 1 is 1.10 bits per heavy atom. The van der Waals surface area contributed by atoms with Gasteiger partial charge in [-0.3, -0.25) is 10.1 Å². The highest BCUT2D eigenvalue weighted by Crippen LogP contribution is 2.32. The van der Waals surface area contributed by atoms with Crippen molar-refractivity contribution in [2.45, 2.75) is 18.4 Å². The van der Waals surface area contributed by atoms with E-state index in [1.807, 2.05) is 43.1 Å². The third-order valence-corrected chi connectivity index (χ3v) is 7.20. The smallest absolute Gasteiger partial charge is 0.293 e. The van der Waals surface area contributed by atoms with Gasteiger partial charge in [0, 0.05) is 45.8 Å². The highest BCUT2D eigenvalue weighted by molar-refractivity contribution is 7.89. The number of nitro groups is 1. The first kappa shape index (κ1) is 23.0. The van der Waals surface area contributed by atoms with E-state index in [9.17, 15) is 18.5 Å². The van der Waals surface area contributed by atoms with E-state index >= 15 is 0 Å². The monoisotopic (exact) mass is 448 g/mol. The van der Waals surface area contributed by atoms with E-state index < -0.39 is 14.9 Å². The van der Waals surface area contributed by atoms with Crippen LogP contribution in [0.4, 0.5) is 11.4 Å². The number of ether oxygens (including phenoxy) is 1. The number of likely N-dealkylation sites (N-methyl/N-ethyl adjacent to an activating group) is 1. The molecular formula is C21H28N4O5S. The van der Waals surface area contributed by atoms with Crippen LogP contribution in [0.25, 0.3) is 0 Å². The lowest BCUT2D eigenvalue weighted by atomic mass is 10.2. The Balaban J connectivity index is 1.83. The fourth-order valence-corrected chi connectivity index (χ4v) is 4.97. The molecule has 2 aromatic rings. The average Bonchev–Trinajstić information content (AvgIpc) is 2.75. The third-order valence-electron chi connectivity index (χ3n) is 5.31. The van der Waals surface area contributed by atoms with Crippen LogP contribution >= 0.6 is 0 Å². The summed E-state index contributed by atoms with van der Waals surface area (Å²) in [5.74, 6) is 0.762. The zero-order valence-electron chi connectivity index (χ0n) is 18.0. The molecule has 1 saturated heterocycles. The molecule has 0 spiro atoms. The summed E-state index contributed by atoms with van der Waals surface area (Å²) in [4.78, 5) is 14.9. The first-order valence-corrected chi connectivity index (χ1v) is 11.6. The van der Waals surface area contributed by atoms with Gasteiger partial charge in [-0.1, -0.05) is 12.1 Å². The van der Waals surface area contributed by atoms with Crippen LogP contribution in [0.1, 0.15) is 12.5 Å². The Bertz CT molecular complexity index is 1020. The predicted molar refractivity (Wildman–Crippen MR) is 119 cm³/mol. The van der Waals surface area contributed by atoms with Crippen molar-refractivity contribution in [2.24, 2.45) is 0 Å². The van der Waals surface area contributed by atoms with Crippen LogP contribution in [0, 0.1) is 10.1 Å². The van der Waals surface area contributed by atoms with Gasteiger partial charge in [-0.15, -0.1) is 0 Å². The molecule has 0 aliphatic carbocycles. The lowest BCUT2D eigenvalue weighted by Gasteiger charge is -2.31. The summed E-state index contributed by atoms with van der Waals surface area (Å²) in [6.45, 7) is 4.91. The molecule has 1 heterocycles. The van der Waals surface area contributed by atoms with E-state index in [1.54, 1.807) is 11.9 Å². The molecule has 0 saturated carbocycles. The normalized spacial score (nSPS) is 15.6. The van der Waals surface area contributed by atoms with Crippen LogP contribution in [0.3, 0.4) is 0 Å². The Morgan fingerprint density at radius 3 is 2.32 bits per heavy atom. The van der Waals surface area contributed by atoms with E-state index in [2.05, 4.69) is 0 Å². The minimum atomic E-state index is -3.78. The SMILES string of the molecule is CCOc1ccc(CN(C)c2ccc(S(=O)(=O)N3CCN(C)CC3)cc2[N+](=O)[O-])cc1. The van der Waals surface area contributed by atoms with Gasteiger partial charge in [-0.05, 0) is 43.8 Å². The average molecular weight is 449 g/mol. The summed E-state index contributed by atoms with van der Waals surface area (Å²) in [6.07, 6.45) is 0. The highest BCUT2D eigenvalue weighted by Gasteiger charge is 2.30. The van der Waals surface area contributed by atoms with Crippen molar-refractivity contribution >= 4 is 21.4 Å². The van der Waals surface area contributed by atoms with Gasteiger partial charge in [0.15, 0.2) is 0 Å². The van der Waals surface area contributed by atoms with Crippen LogP contribution in [-0.2, 0) is 16.6 Å². The van der Waals surface area contributed by atoms with Crippen molar-refractivity contribution in [3.05, 3.63) is 58.1 Å². The lowest BCUT2D eigenvalue weighted by Crippen LogP contribution is -2.47.